The van der Waals surface area contributed by atoms with E-state index in [2.05, 4.69) is 32.1 Å². The molecule has 0 aliphatic heterocycles. The van der Waals surface area contributed by atoms with Gasteiger partial charge in [-0.3, -0.25) is 25.2 Å². The van der Waals surface area contributed by atoms with Crippen molar-refractivity contribution in [1.82, 2.24) is 16.2 Å². The molecule has 0 bridgehead atoms. The highest BCUT2D eigenvalue weighted by molar-refractivity contribution is 9.10. The minimum atomic E-state index is -0.551. The number of carbonyl (C=O) groups is 3. The average molecular weight is 380 g/mol. The van der Waals surface area contributed by atoms with E-state index in [1.165, 1.54) is 12.3 Å². The maximum Gasteiger partial charge on any atom is 0.269 e. The van der Waals surface area contributed by atoms with E-state index in [0.717, 1.165) is 4.47 Å². The van der Waals surface area contributed by atoms with Crippen molar-refractivity contribution in [3.63, 3.8) is 0 Å². The van der Waals surface area contributed by atoms with E-state index in [-0.39, 0.29) is 6.54 Å². The van der Waals surface area contributed by atoms with Crippen molar-refractivity contribution in [2.45, 2.75) is 6.92 Å². The molecule has 1 aromatic heterocycles. The molecule has 8 heteroatoms. The van der Waals surface area contributed by atoms with Gasteiger partial charge in [0.05, 0.1) is 18.4 Å². The first-order valence-electron chi connectivity index (χ1n) is 6.64. The lowest BCUT2D eigenvalue weighted by atomic mass is 10.2. The van der Waals surface area contributed by atoms with Gasteiger partial charge in [0, 0.05) is 10.0 Å². The van der Waals surface area contributed by atoms with Crippen molar-refractivity contribution in [3.05, 3.63) is 58.0 Å². The molecule has 2 aromatic rings. The van der Waals surface area contributed by atoms with Gasteiger partial charge >= 0.3 is 0 Å². The summed E-state index contributed by atoms with van der Waals surface area (Å²) in [5.74, 6) is -0.968. The van der Waals surface area contributed by atoms with Crippen LogP contribution in [0.1, 0.15) is 26.5 Å². The lowest BCUT2D eigenvalue weighted by Crippen LogP contribution is -2.46. The van der Waals surface area contributed by atoms with Gasteiger partial charge in [0.2, 0.25) is 0 Å². The molecular formula is C15H14BrN3O4. The Morgan fingerprint density at radius 1 is 1.04 bits per heavy atom. The van der Waals surface area contributed by atoms with E-state index < -0.39 is 17.7 Å². The molecule has 0 atom stereocenters. The number of benzene rings is 1. The molecule has 23 heavy (non-hydrogen) atoms. The van der Waals surface area contributed by atoms with Gasteiger partial charge in [-0.05, 0) is 37.3 Å². The van der Waals surface area contributed by atoms with Crippen molar-refractivity contribution >= 4 is 33.7 Å². The fourth-order valence-corrected chi connectivity index (χ4v) is 1.98. The Hall–Kier alpha value is -2.61. The van der Waals surface area contributed by atoms with Crippen LogP contribution in [-0.4, -0.2) is 24.3 Å². The summed E-state index contributed by atoms with van der Waals surface area (Å²) in [6.07, 6.45) is 1.39. The maximum absolute atomic E-state index is 11.8. The second-order valence-electron chi connectivity index (χ2n) is 4.58. The molecule has 120 valence electrons. The first-order chi connectivity index (χ1) is 11.0. The van der Waals surface area contributed by atoms with Gasteiger partial charge in [0.15, 0.2) is 0 Å². The van der Waals surface area contributed by atoms with Gasteiger partial charge in [-0.15, -0.1) is 0 Å². The fourth-order valence-electron chi connectivity index (χ4n) is 1.72. The molecule has 0 saturated carbocycles. The van der Waals surface area contributed by atoms with Crippen LogP contribution in [-0.2, 0) is 4.79 Å². The van der Waals surface area contributed by atoms with Crippen molar-refractivity contribution in [2.24, 2.45) is 0 Å². The van der Waals surface area contributed by atoms with E-state index in [9.17, 15) is 14.4 Å². The number of furan rings is 1. The first kappa shape index (κ1) is 16.8. The normalized spacial score (nSPS) is 10.0. The van der Waals surface area contributed by atoms with Gasteiger partial charge in [-0.25, -0.2) is 0 Å². The molecule has 0 aliphatic rings. The fraction of sp³-hybridized carbons (Fsp3) is 0.133. The van der Waals surface area contributed by atoms with E-state index >= 15 is 0 Å². The third-order valence-corrected chi connectivity index (χ3v) is 3.46. The number of hydrogen-bond donors (Lipinski definition) is 3. The smallest absolute Gasteiger partial charge is 0.269 e. The van der Waals surface area contributed by atoms with Crippen molar-refractivity contribution in [2.75, 3.05) is 6.54 Å². The number of carbonyl (C=O) groups excluding carboxylic acids is 3. The van der Waals surface area contributed by atoms with Crippen LogP contribution in [0.5, 0.6) is 0 Å². The minimum Gasteiger partial charge on any atom is -0.469 e. The first-order valence-corrected chi connectivity index (χ1v) is 7.43. The summed E-state index contributed by atoms with van der Waals surface area (Å²) in [6.45, 7) is 1.37. The van der Waals surface area contributed by atoms with Gasteiger partial charge in [0.25, 0.3) is 17.7 Å². The van der Waals surface area contributed by atoms with Gasteiger partial charge in [-0.1, -0.05) is 15.9 Å². The number of aryl methyl sites for hydroxylation is 1. The largest absolute Gasteiger partial charge is 0.469 e. The number of nitrogens with one attached hydrogen (secondary N) is 3. The van der Waals surface area contributed by atoms with Crippen LogP contribution < -0.4 is 16.2 Å². The molecule has 0 radical (unpaired) electrons. The van der Waals surface area contributed by atoms with Gasteiger partial charge in [0.1, 0.15) is 5.76 Å². The zero-order valence-corrected chi connectivity index (χ0v) is 13.8. The molecule has 3 amide bonds. The topological polar surface area (TPSA) is 100 Å². The average Bonchev–Trinajstić information content (AvgIpc) is 2.97. The predicted octanol–water partition coefficient (Wildman–Crippen LogP) is 1.54. The lowest BCUT2D eigenvalue weighted by molar-refractivity contribution is -0.120. The second kappa shape index (κ2) is 7.59. The molecule has 2 rings (SSSR count). The highest BCUT2D eigenvalue weighted by Gasteiger charge is 2.13. The number of halogens is 1. The molecule has 0 unspecified atom stereocenters. The Morgan fingerprint density at radius 2 is 1.74 bits per heavy atom. The van der Waals surface area contributed by atoms with Crippen LogP contribution in [0.4, 0.5) is 0 Å². The molecule has 3 N–H and O–H groups in total. The molecule has 0 spiro atoms. The molecule has 0 fully saturated rings. The molecule has 0 aliphatic carbocycles. The Labute approximate surface area is 140 Å². The number of rotatable bonds is 4. The molecule has 1 aromatic carbocycles. The van der Waals surface area contributed by atoms with Crippen LogP contribution in [0.15, 0.2) is 45.5 Å². The molecule has 1 heterocycles. The number of amides is 3. The zero-order valence-electron chi connectivity index (χ0n) is 12.2. The van der Waals surface area contributed by atoms with Crippen LogP contribution in [0.2, 0.25) is 0 Å². The quantitative estimate of drug-likeness (QED) is 0.701. The van der Waals surface area contributed by atoms with Crippen LogP contribution >= 0.6 is 15.9 Å². The molecule has 0 saturated heterocycles. The Morgan fingerprint density at radius 3 is 2.35 bits per heavy atom. The van der Waals surface area contributed by atoms with Gasteiger partial charge < -0.3 is 9.73 Å². The summed E-state index contributed by atoms with van der Waals surface area (Å²) < 4.78 is 5.85. The SMILES string of the molecule is Cc1occc1C(=O)NCC(=O)NNC(=O)c1ccc(Br)cc1. The monoisotopic (exact) mass is 379 g/mol. The Balaban J connectivity index is 1.77. The van der Waals surface area contributed by atoms with E-state index in [0.29, 0.717) is 16.9 Å². The summed E-state index contributed by atoms with van der Waals surface area (Å²) in [7, 11) is 0. The van der Waals surface area contributed by atoms with Crippen LogP contribution in [0.25, 0.3) is 0 Å². The van der Waals surface area contributed by atoms with E-state index in [1.807, 2.05) is 0 Å². The second-order valence-corrected chi connectivity index (χ2v) is 5.50. The number of hydrazine groups is 1. The third kappa shape index (κ3) is 4.68. The minimum absolute atomic E-state index is 0.274. The summed E-state index contributed by atoms with van der Waals surface area (Å²) in [4.78, 5) is 35.2. The standard InChI is InChI=1S/C15H14BrN3O4/c1-9-12(6-7-23-9)15(22)17-8-13(20)18-19-14(21)10-2-4-11(16)5-3-10/h2-7H,8H2,1H3,(H,17,22)(H,18,20)(H,19,21). The van der Waals surface area contributed by atoms with E-state index in [4.69, 9.17) is 4.42 Å². The maximum atomic E-state index is 11.8. The van der Waals surface area contributed by atoms with Crippen molar-refractivity contribution in [3.8, 4) is 0 Å². The zero-order chi connectivity index (χ0) is 16.8. The van der Waals surface area contributed by atoms with Gasteiger partial charge in [-0.2, -0.15) is 0 Å². The summed E-state index contributed by atoms with van der Waals surface area (Å²) >= 11 is 3.26. The van der Waals surface area contributed by atoms with Crippen molar-refractivity contribution < 1.29 is 18.8 Å². The predicted molar refractivity (Wildman–Crippen MR) is 85.5 cm³/mol. The Bertz CT molecular complexity index is 725. The Kier molecular flexibility index (Phi) is 5.53. The molecular weight excluding hydrogens is 366 g/mol. The highest BCUT2D eigenvalue weighted by Crippen LogP contribution is 2.10. The summed E-state index contributed by atoms with van der Waals surface area (Å²) in [6, 6.07) is 8.15. The van der Waals surface area contributed by atoms with Crippen LogP contribution in [0.3, 0.4) is 0 Å². The van der Waals surface area contributed by atoms with Crippen LogP contribution in [0, 0.1) is 6.92 Å². The summed E-state index contributed by atoms with van der Waals surface area (Å²) in [5.41, 5.74) is 5.24. The lowest BCUT2D eigenvalue weighted by Gasteiger charge is -2.08. The third-order valence-electron chi connectivity index (χ3n) is 2.93. The van der Waals surface area contributed by atoms with E-state index in [1.54, 1.807) is 31.2 Å². The summed E-state index contributed by atoms with van der Waals surface area (Å²) in [5, 5.41) is 2.43. The van der Waals surface area contributed by atoms with Crippen molar-refractivity contribution in [1.29, 1.82) is 0 Å². The molecule has 7 nitrogen and oxygen atoms in total. The number of hydrogen-bond acceptors (Lipinski definition) is 4. The highest BCUT2D eigenvalue weighted by atomic mass is 79.9.